The first-order valence-electron chi connectivity index (χ1n) is 5.32. The molecular formula is C10H18N2O3. The number of nitrogens with zero attached hydrogens (tertiary/aromatic N) is 1. The van der Waals surface area contributed by atoms with Crippen molar-refractivity contribution >= 4 is 5.91 Å². The molecule has 5 nitrogen and oxygen atoms in total. The average Bonchev–Trinajstić information content (AvgIpc) is 2.95. The molecule has 1 aliphatic heterocycles. The van der Waals surface area contributed by atoms with Crippen molar-refractivity contribution in [3.05, 3.63) is 0 Å². The summed E-state index contributed by atoms with van der Waals surface area (Å²) in [4.78, 5) is 13.3. The summed E-state index contributed by atoms with van der Waals surface area (Å²) in [6.45, 7) is 1.11. The van der Waals surface area contributed by atoms with Gasteiger partial charge in [0.1, 0.15) is 11.6 Å². The molecule has 1 amide bonds. The number of methoxy groups -OCH3 is 1. The molecule has 86 valence electrons. The van der Waals surface area contributed by atoms with E-state index in [0.717, 1.165) is 12.8 Å². The van der Waals surface area contributed by atoms with E-state index in [-0.39, 0.29) is 12.5 Å². The summed E-state index contributed by atoms with van der Waals surface area (Å²) in [7, 11) is 1.52. The van der Waals surface area contributed by atoms with E-state index in [2.05, 4.69) is 0 Å². The molecule has 2 aliphatic rings. The van der Waals surface area contributed by atoms with Crippen LogP contribution in [0.2, 0.25) is 0 Å². The number of carbonyl (C=O) groups is 1. The molecule has 0 aromatic carbocycles. The van der Waals surface area contributed by atoms with Crippen molar-refractivity contribution in [3.63, 3.8) is 0 Å². The van der Waals surface area contributed by atoms with Crippen molar-refractivity contribution in [2.75, 3.05) is 26.8 Å². The van der Waals surface area contributed by atoms with Gasteiger partial charge in [0, 0.05) is 7.11 Å². The number of carbonyl (C=O) groups excluding carboxylic acids is 1. The highest BCUT2D eigenvalue weighted by atomic mass is 16.5. The van der Waals surface area contributed by atoms with Gasteiger partial charge >= 0.3 is 0 Å². The summed E-state index contributed by atoms with van der Waals surface area (Å²) in [6, 6.07) is -0.598. The Balaban J connectivity index is 1.80. The minimum atomic E-state index is -0.623. The maximum absolute atomic E-state index is 11.7. The lowest BCUT2D eigenvalue weighted by Gasteiger charge is -2.47. The van der Waals surface area contributed by atoms with Gasteiger partial charge in [-0.15, -0.1) is 0 Å². The zero-order valence-electron chi connectivity index (χ0n) is 8.98. The maximum Gasteiger partial charge on any atom is 0.242 e. The van der Waals surface area contributed by atoms with Crippen LogP contribution < -0.4 is 5.73 Å². The highest BCUT2D eigenvalue weighted by molar-refractivity contribution is 5.82. The number of hydrogen-bond acceptors (Lipinski definition) is 4. The molecule has 0 radical (unpaired) electrons. The molecule has 1 atom stereocenters. The van der Waals surface area contributed by atoms with E-state index in [1.807, 2.05) is 0 Å². The minimum absolute atomic E-state index is 0.123. The van der Waals surface area contributed by atoms with Crippen LogP contribution in [-0.4, -0.2) is 54.4 Å². The van der Waals surface area contributed by atoms with Crippen molar-refractivity contribution in [3.8, 4) is 0 Å². The first-order chi connectivity index (χ1) is 7.07. The summed E-state index contributed by atoms with van der Waals surface area (Å²) < 4.78 is 4.82. The van der Waals surface area contributed by atoms with E-state index in [4.69, 9.17) is 10.5 Å². The number of likely N-dealkylation sites (tertiary alicyclic amines) is 1. The fourth-order valence-corrected chi connectivity index (χ4v) is 2.13. The van der Waals surface area contributed by atoms with Crippen molar-refractivity contribution < 1.29 is 14.6 Å². The van der Waals surface area contributed by atoms with Gasteiger partial charge in [0.05, 0.1) is 19.7 Å². The Morgan fingerprint density at radius 1 is 1.67 bits per heavy atom. The Kier molecular flexibility index (Phi) is 2.70. The van der Waals surface area contributed by atoms with Gasteiger partial charge in [-0.3, -0.25) is 4.79 Å². The van der Waals surface area contributed by atoms with Crippen LogP contribution in [-0.2, 0) is 9.53 Å². The number of β-amino-alcohol motifs (C(OH)–C–C–N with tert-alkyl or cyclic N) is 1. The zero-order valence-corrected chi connectivity index (χ0v) is 8.98. The molecule has 0 aromatic heterocycles. The maximum atomic E-state index is 11.7. The lowest BCUT2D eigenvalue weighted by atomic mass is 9.88. The molecule has 0 bridgehead atoms. The SMILES string of the molecule is COCC(N)C(=O)N1CC(O)(C2CC2)C1. The standard InChI is InChI=1S/C10H18N2O3/c1-15-4-8(11)9(13)12-5-10(14,6-12)7-2-3-7/h7-8,14H,2-6,11H2,1H3. The van der Waals surface area contributed by atoms with Gasteiger partial charge in [0.2, 0.25) is 5.91 Å². The fraction of sp³-hybridized carbons (Fsp3) is 0.900. The van der Waals surface area contributed by atoms with E-state index in [1.165, 1.54) is 7.11 Å². The van der Waals surface area contributed by atoms with E-state index < -0.39 is 11.6 Å². The molecular weight excluding hydrogens is 196 g/mol. The monoisotopic (exact) mass is 214 g/mol. The van der Waals surface area contributed by atoms with E-state index in [1.54, 1.807) is 4.90 Å². The van der Waals surface area contributed by atoms with Gasteiger partial charge < -0.3 is 20.5 Å². The van der Waals surface area contributed by atoms with E-state index >= 15 is 0 Å². The van der Waals surface area contributed by atoms with Crippen LogP contribution >= 0.6 is 0 Å². The number of nitrogens with two attached hydrogens (primary N) is 1. The van der Waals surface area contributed by atoms with Crippen molar-refractivity contribution in [1.82, 2.24) is 4.90 Å². The molecule has 5 heteroatoms. The Morgan fingerprint density at radius 3 is 2.73 bits per heavy atom. The molecule has 0 aromatic rings. The quantitative estimate of drug-likeness (QED) is 0.625. The third-order valence-electron chi connectivity index (χ3n) is 3.24. The molecule has 0 spiro atoms. The molecule has 3 N–H and O–H groups in total. The molecule has 1 saturated heterocycles. The van der Waals surface area contributed by atoms with Gasteiger partial charge in [-0.25, -0.2) is 0 Å². The summed E-state index contributed by atoms with van der Waals surface area (Å²) >= 11 is 0. The van der Waals surface area contributed by atoms with Gasteiger partial charge in [-0.1, -0.05) is 0 Å². The predicted molar refractivity (Wildman–Crippen MR) is 54.1 cm³/mol. The summed E-state index contributed by atoms with van der Waals surface area (Å²) in [5, 5.41) is 10.0. The Bertz CT molecular complexity index is 259. The van der Waals surface area contributed by atoms with Crippen LogP contribution in [0.1, 0.15) is 12.8 Å². The second kappa shape index (κ2) is 3.73. The molecule has 2 rings (SSSR count). The fourth-order valence-electron chi connectivity index (χ4n) is 2.13. The lowest BCUT2D eigenvalue weighted by Crippen LogP contribution is -2.67. The highest BCUT2D eigenvalue weighted by Crippen LogP contribution is 2.44. The molecule has 2 fully saturated rings. The van der Waals surface area contributed by atoms with Gasteiger partial charge in [0.25, 0.3) is 0 Å². The first kappa shape index (κ1) is 10.9. The van der Waals surface area contributed by atoms with E-state index in [9.17, 15) is 9.90 Å². The van der Waals surface area contributed by atoms with E-state index in [0.29, 0.717) is 19.0 Å². The smallest absolute Gasteiger partial charge is 0.242 e. The van der Waals surface area contributed by atoms with Crippen molar-refractivity contribution in [1.29, 1.82) is 0 Å². The molecule has 1 heterocycles. The van der Waals surface area contributed by atoms with Crippen molar-refractivity contribution in [2.24, 2.45) is 11.7 Å². The number of ether oxygens (including phenoxy) is 1. The summed E-state index contributed by atoms with van der Waals surface area (Å²) in [6.07, 6.45) is 2.17. The summed E-state index contributed by atoms with van der Waals surface area (Å²) in [5.74, 6) is 0.280. The highest BCUT2D eigenvalue weighted by Gasteiger charge is 2.53. The summed E-state index contributed by atoms with van der Waals surface area (Å²) in [5.41, 5.74) is 5.00. The van der Waals surface area contributed by atoms with Crippen LogP contribution in [0.15, 0.2) is 0 Å². The lowest BCUT2D eigenvalue weighted by molar-refractivity contribution is -0.161. The van der Waals surface area contributed by atoms with Crippen LogP contribution in [0, 0.1) is 5.92 Å². The number of aliphatic hydroxyl groups is 1. The molecule has 1 unspecified atom stereocenters. The molecule has 1 saturated carbocycles. The topological polar surface area (TPSA) is 75.8 Å². The van der Waals surface area contributed by atoms with Crippen LogP contribution in [0.25, 0.3) is 0 Å². The van der Waals surface area contributed by atoms with Crippen LogP contribution in [0.5, 0.6) is 0 Å². The Labute approximate surface area is 89.2 Å². The minimum Gasteiger partial charge on any atom is -0.386 e. The second-order valence-electron chi connectivity index (χ2n) is 4.63. The van der Waals surface area contributed by atoms with Crippen LogP contribution in [0.3, 0.4) is 0 Å². The number of rotatable bonds is 4. The third-order valence-corrected chi connectivity index (χ3v) is 3.24. The molecule has 1 aliphatic carbocycles. The predicted octanol–water partition coefficient (Wildman–Crippen LogP) is -1.06. The zero-order chi connectivity index (χ0) is 11.1. The van der Waals surface area contributed by atoms with Gasteiger partial charge in [-0.05, 0) is 18.8 Å². The number of hydrogen-bond donors (Lipinski definition) is 2. The largest absolute Gasteiger partial charge is 0.386 e. The van der Waals surface area contributed by atoms with Crippen molar-refractivity contribution in [2.45, 2.75) is 24.5 Å². The Hall–Kier alpha value is -0.650. The normalized spacial score (nSPS) is 25.9. The molecule has 15 heavy (non-hydrogen) atoms. The second-order valence-corrected chi connectivity index (χ2v) is 4.63. The van der Waals surface area contributed by atoms with Crippen LogP contribution in [0.4, 0.5) is 0 Å². The average molecular weight is 214 g/mol. The Morgan fingerprint density at radius 2 is 2.27 bits per heavy atom. The first-order valence-corrected chi connectivity index (χ1v) is 5.32. The van der Waals surface area contributed by atoms with Gasteiger partial charge in [0.15, 0.2) is 0 Å². The van der Waals surface area contributed by atoms with Gasteiger partial charge in [-0.2, -0.15) is 0 Å². The third kappa shape index (κ3) is 2.00. The number of amides is 1.